The molecule has 0 aliphatic heterocycles. The third-order valence-corrected chi connectivity index (χ3v) is 4.74. The molecule has 0 amide bonds. The molecule has 0 radical (unpaired) electrons. The van der Waals surface area contributed by atoms with Gasteiger partial charge in [-0.1, -0.05) is 6.92 Å². The summed E-state index contributed by atoms with van der Waals surface area (Å²) in [6.07, 6.45) is 4.63. The van der Waals surface area contributed by atoms with Gasteiger partial charge in [-0.3, -0.25) is 0 Å². The van der Waals surface area contributed by atoms with Crippen LogP contribution >= 0.6 is 0 Å². The number of hydrogen-bond donors (Lipinski definition) is 2. The van der Waals surface area contributed by atoms with E-state index in [0.717, 1.165) is 35.7 Å². The van der Waals surface area contributed by atoms with Crippen molar-refractivity contribution in [1.29, 1.82) is 0 Å². The Bertz CT molecular complexity index is 614. The van der Waals surface area contributed by atoms with Crippen molar-refractivity contribution in [3.63, 3.8) is 0 Å². The van der Waals surface area contributed by atoms with Crippen LogP contribution in [0, 0.1) is 5.92 Å². The van der Waals surface area contributed by atoms with Crippen molar-refractivity contribution < 1.29 is 4.74 Å². The number of pyridine rings is 1. The summed E-state index contributed by atoms with van der Waals surface area (Å²) < 4.78 is 5.44. The number of hydrogen-bond acceptors (Lipinski definition) is 4. The highest BCUT2D eigenvalue weighted by Crippen LogP contribution is 2.40. The van der Waals surface area contributed by atoms with Crippen LogP contribution in [0.4, 0.5) is 0 Å². The van der Waals surface area contributed by atoms with Gasteiger partial charge in [-0.05, 0) is 44.6 Å². The molecule has 1 aliphatic carbocycles. The highest BCUT2D eigenvalue weighted by molar-refractivity contribution is 5.71. The minimum atomic E-state index is -0.0149. The van der Waals surface area contributed by atoms with Gasteiger partial charge in [0.05, 0.1) is 12.1 Å². The smallest absolute Gasteiger partial charge is 0.215 e. The summed E-state index contributed by atoms with van der Waals surface area (Å²) in [7, 11) is 0. The Balaban J connectivity index is 1.95. The van der Waals surface area contributed by atoms with E-state index in [1.807, 2.05) is 19.1 Å². The number of H-pyrrole nitrogens is 1. The zero-order chi connectivity index (χ0) is 14.9. The fraction of sp³-hybridized carbons (Fsp3) is 0.625. The van der Waals surface area contributed by atoms with E-state index in [0.29, 0.717) is 19.0 Å². The maximum absolute atomic E-state index is 6.11. The molecule has 0 bridgehead atoms. The molecule has 2 aromatic heterocycles. The molecule has 3 N–H and O–H groups in total. The van der Waals surface area contributed by atoms with Gasteiger partial charge < -0.3 is 15.5 Å². The molecule has 0 spiro atoms. The molecule has 0 saturated heterocycles. The number of nitrogens with one attached hydrogen (secondary N) is 1. The average molecular weight is 288 g/mol. The Hall–Kier alpha value is -1.62. The number of ether oxygens (including phenoxy) is 1. The van der Waals surface area contributed by atoms with Crippen molar-refractivity contribution in [2.75, 3.05) is 13.2 Å². The maximum Gasteiger partial charge on any atom is 0.215 e. The standard InChI is InChI=1S/C16H24N4O/c1-3-21-13-5-4-12-14(19-13)20-15(18-12)16(10-17)8-6-11(2)7-9-16/h4-5,11H,3,6-10,17H2,1-2H3,(H,18,19,20). The van der Waals surface area contributed by atoms with Crippen molar-refractivity contribution in [2.45, 2.75) is 44.9 Å². The van der Waals surface area contributed by atoms with Crippen LogP contribution in [0.15, 0.2) is 12.1 Å². The van der Waals surface area contributed by atoms with Gasteiger partial charge in [-0.25, -0.2) is 4.98 Å². The molecule has 0 unspecified atom stereocenters. The van der Waals surface area contributed by atoms with Gasteiger partial charge in [0.25, 0.3) is 0 Å². The lowest BCUT2D eigenvalue weighted by Gasteiger charge is -2.36. The average Bonchev–Trinajstić information content (AvgIpc) is 2.92. The van der Waals surface area contributed by atoms with Gasteiger partial charge in [-0.15, -0.1) is 0 Å². The summed E-state index contributed by atoms with van der Waals surface area (Å²) >= 11 is 0. The van der Waals surface area contributed by atoms with Crippen molar-refractivity contribution in [2.24, 2.45) is 11.7 Å². The van der Waals surface area contributed by atoms with Crippen molar-refractivity contribution in [1.82, 2.24) is 15.0 Å². The van der Waals surface area contributed by atoms with E-state index in [1.165, 1.54) is 12.8 Å². The molecule has 3 rings (SSSR count). The second-order valence-corrected chi connectivity index (χ2v) is 6.21. The van der Waals surface area contributed by atoms with E-state index >= 15 is 0 Å². The van der Waals surface area contributed by atoms with Gasteiger partial charge >= 0.3 is 0 Å². The molecule has 21 heavy (non-hydrogen) atoms. The summed E-state index contributed by atoms with van der Waals surface area (Å²) in [5.41, 5.74) is 7.78. The van der Waals surface area contributed by atoms with Gasteiger partial charge in [0, 0.05) is 18.0 Å². The molecule has 1 aliphatic rings. The zero-order valence-corrected chi connectivity index (χ0v) is 12.9. The molecule has 2 aromatic rings. The van der Waals surface area contributed by atoms with Crippen LogP contribution in [0.1, 0.15) is 45.4 Å². The molecule has 1 fully saturated rings. The lowest BCUT2D eigenvalue weighted by Crippen LogP contribution is -2.39. The molecule has 0 atom stereocenters. The number of imidazole rings is 1. The highest BCUT2D eigenvalue weighted by atomic mass is 16.5. The lowest BCUT2D eigenvalue weighted by atomic mass is 9.70. The van der Waals surface area contributed by atoms with E-state index in [9.17, 15) is 0 Å². The number of aromatic nitrogens is 3. The fourth-order valence-corrected chi connectivity index (χ4v) is 3.21. The summed E-state index contributed by atoms with van der Waals surface area (Å²) in [5.74, 6) is 2.41. The predicted octanol–water partition coefficient (Wildman–Crippen LogP) is 2.76. The van der Waals surface area contributed by atoms with Gasteiger partial charge in [0.1, 0.15) is 5.82 Å². The minimum absolute atomic E-state index is 0.0149. The largest absolute Gasteiger partial charge is 0.478 e. The first-order valence-electron chi connectivity index (χ1n) is 7.87. The second kappa shape index (κ2) is 5.64. The Kier molecular flexibility index (Phi) is 3.85. The van der Waals surface area contributed by atoms with E-state index in [2.05, 4.69) is 16.9 Å². The number of fused-ring (bicyclic) bond motifs is 1. The number of nitrogens with zero attached hydrogens (tertiary/aromatic N) is 2. The van der Waals surface area contributed by atoms with E-state index < -0.39 is 0 Å². The third kappa shape index (κ3) is 2.62. The van der Waals surface area contributed by atoms with E-state index in [-0.39, 0.29) is 5.41 Å². The SMILES string of the molecule is CCOc1ccc2[nH]c(C3(CN)CCC(C)CC3)nc2n1. The van der Waals surface area contributed by atoms with Crippen LogP contribution in [-0.2, 0) is 5.41 Å². The van der Waals surface area contributed by atoms with Crippen LogP contribution in [0.25, 0.3) is 11.2 Å². The summed E-state index contributed by atoms with van der Waals surface area (Å²) in [4.78, 5) is 12.6. The van der Waals surface area contributed by atoms with E-state index in [1.54, 1.807) is 0 Å². The number of rotatable bonds is 4. The quantitative estimate of drug-likeness (QED) is 0.907. The normalized spacial score (nSPS) is 26.1. The van der Waals surface area contributed by atoms with Crippen LogP contribution in [0.2, 0.25) is 0 Å². The zero-order valence-electron chi connectivity index (χ0n) is 12.9. The molecule has 2 heterocycles. The first kappa shape index (κ1) is 14.3. The molecular weight excluding hydrogens is 264 g/mol. The van der Waals surface area contributed by atoms with Crippen LogP contribution in [-0.4, -0.2) is 28.1 Å². The Morgan fingerprint density at radius 1 is 1.33 bits per heavy atom. The molecule has 0 aromatic carbocycles. The van der Waals surface area contributed by atoms with Crippen LogP contribution in [0.3, 0.4) is 0 Å². The van der Waals surface area contributed by atoms with Crippen molar-refractivity contribution in [3.8, 4) is 5.88 Å². The van der Waals surface area contributed by atoms with Crippen molar-refractivity contribution in [3.05, 3.63) is 18.0 Å². The van der Waals surface area contributed by atoms with Gasteiger partial charge in [0.2, 0.25) is 5.88 Å². The number of aromatic amines is 1. The maximum atomic E-state index is 6.11. The first-order chi connectivity index (χ1) is 10.2. The van der Waals surface area contributed by atoms with Gasteiger partial charge in [0.15, 0.2) is 5.65 Å². The van der Waals surface area contributed by atoms with Crippen LogP contribution < -0.4 is 10.5 Å². The van der Waals surface area contributed by atoms with Gasteiger partial charge in [-0.2, -0.15) is 4.98 Å². The highest BCUT2D eigenvalue weighted by Gasteiger charge is 2.37. The van der Waals surface area contributed by atoms with Crippen LogP contribution in [0.5, 0.6) is 5.88 Å². The lowest BCUT2D eigenvalue weighted by molar-refractivity contribution is 0.238. The summed E-state index contributed by atoms with van der Waals surface area (Å²) in [6, 6.07) is 3.87. The minimum Gasteiger partial charge on any atom is -0.478 e. The fourth-order valence-electron chi connectivity index (χ4n) is 3.21. The topological polar surface area (TPSA) is 76.8 Å². The molecule has 5 nitrogen and oxygen atoms in total. The molecule has 114 valence electrons. The summed E-state index contributed by atoms with van der Waals surface area (Å²) in [5, 5.41) is 0. The second-order valence-electron chi connectivity index (χ2n) is 6.21. The Labute approximate surface area is 125 Å². The monoisotopic (exact) mass is 288 g/mol. The molecular formula is C16H24N4O. The Morgan fingerprint density at radius 3 is 2.76 bits per heavy atom. The first-order valence-corrected chi connectivity index (χ1v) is 7.87. The number of nitrogens with two attached hydrogens (primary N) is 1. The predicted molar refractivity (Wildman–Crippen MR) is 83.4 cm³/mol. The molecule has 1 saturated carbocycles. The third-order valence-electron chi connectivity index (χ3n) is 4.74. The van der Waals surface area contributed by atoms with Crippen molar-refractivity contribution >= 4 is 11.2 Å². The summed E-state index contributed by atoms with van der Waals surface area (Å²) in [6.45, 7) is 5.52. The van der Waals surface area contributed by atoms with E-state index in [4.69, 9.17) is 15.5 Å². The Morgan fingerprint density at radius 2 is 2.10 bits per heavy atom. The molecule has 5 heteroatoms.